The van der Waals surface area contributed by atoms with Gasteiger partial charge in [0.15, 0.2) is 0 Å². The average molecular weight is 522 g/mol. The van der Waals surface area contributed by atoms with Gasteiger partial charge in [0.2, 0.25) is 21.8 Å². The van der Waals surface area contributed by atoms with Gasteiger partial charge in [0.25, 0.3) is 0 Å². The summed E-state index contributed by atoms with van der Waals surface area (Å²) in [6, 6.07) is 13.7. The first-order chi connectivity index (χ1) is 16.5. The van der Waals surface area contributed by atoms with Crippen molar-refractivity contribution in [2.45, 2.75) is 59.0 Å². The summed E-state index contributed by atoms with van der Waals surface area (Å²) in [5, 5.41) is 3.49. The maximum absolute atomic E-state index is 13.3. The number of hydrogen-bond donors (Lipinski definition) is 1. The number of amides is 2. The minimum Gasteiger partial charge on any atom is -0.354 e. The van der Waals surface area contributed by atoms with Crippen molar-refractivity contribution in [3.8, 4) is 0 Å². The highest BCUT2D eigenvalue weighted by atomic mass is 35.5. The Morgan fingerprint density at radius 1 is 1.06 bits per heavy atom. The van der Waals surface area contributed by atoms with E-state index in [2.05, 4.69) is 5.32 Å². The van der Waals surface area contributed by atoms with Crippen molar-refractivity contribution in [2.24, 2.45) is 0 Å². The summed E-state index contributed by atoms with van der Waals surface area (Å²) < 4.78 is 26.2. The van der Waals surface area contributed by atoms with E-state index in [-0.39, 0.29) is 31.3 Å². The third-order valence-corrected chi connectivity index (χ3v) is 7.23. The van der Waals surface area contributed by atoms with Crippen LogP contribution in [-0.4, -0.2) is 50.5 Å². The summed E-state index contributed by atoms with van der Waals surface area (Å²) in [4.78, 5) is 27.6. The second-order valence-electron chi connectivity index (χ2n) is 8.69. The van der Waals surface area contributed by atoms with Crippen molar-refractivity contribution in [2.75, 3.05) is 23.7 Å². The Morgan fingerprint density at radius 2 is 1.71 bits per heavy atom. The van der Waals surface area contributed by atoms with Crippen LogP contribution in [0.2, 0.25) is 5.02 Å². The van der Waals surface area contributed by atoms with E-state index in [1.54, 1.807) is 36.1 Å². The topological polar surface area (TPSA) is 86.8 Å². The predicted octanol–water partition coefficient (Wildman–Crippen LogP) is 4.53. The summed E-state index contributed by atoms with van der Waals surface area (Å²) in [5.41, 5.74) is 2.30. The van der Waals surface area contributed by atoms with Gasteiger partial charge in [0.1, 0.15) is 6.04 Å². The quantitative estimate of drug-likeness (QED) is 0.392. The Morgan fingerprint density at radius 3 is 2.31 bits per heavy atom. The number of nitrogens with one attached hydrogen (secondary N) is 1. The summed E-state index contributed by atoms with van der Waals surface area (Å²) in [6.07, 6.45) is 3.42. The number of carbonyl (C=O) groups excluding carboxylic acids is 2. The molecule has 2 aromatic rings. The van der Waals surface area contributed by atoms with Gasteiger partial charge in [-0.25, -0.2) is 8.42 Å². The molecule has 0 radical (unpaired) electrons. The molecule has 0 aliphatic heterocycles. The largest absolute Gasteiger partial charge is 0.354 e. The smallest absolute Gasteiger partial charge is 0.242 e. The van der Waals surface area contributed by atoms with Crippen LogP contribution in [0.4, 0.5) is 5.69 Å². The van der Waals surface area contributed by atoms with Crippen LogP contribution in [0, 0.1) is 6.92 Å². The average Bonchev–Trinajstić information content (AvgIpc) is 2.81. The van der Waals surface area contributed by atoms with Crippen LogP contribution < -0.4 is 9.62 Å². The molecule has 9 heteroatoms. The Labute approximate surface area is 214 Å². The van der Waals surface area contributed by atoms with Crippen LogP contribution in [-0.2, 0) is 26.2 Å². The molecule has 1 atom stereocenters. The van der Waals surface area contributed by atoms with E-state index in [1.165, 1.54) is 4.31 Å². The molecule has 0 bridgehead atoms. The van der Waals surface area contributed by atoms with Crippen LogP contribution in [0.25, 0.3) is 0 Å². The zero-order valence-electron chi connectivity index (χ0n) is 21.0. The lowest BCUT2D eigenvalue weighted by molar-refractivity contribution is -0.140. The molecule has 0 saturated heterocycles. The number of sulfonamides is 1. The van der Waals surface area contributed by atoms with Gasteiger partial charge in [-0.2, -0.15) is 0 Å². The molecule has 2 rings (SSSR count). The molecule has 2 aromatic carbocycles. The molecule has 1 N–H and O–H groups in total. The van der Waals surface area contributed by atoms with Gasteiger partial charge in [0.05, 0.1) is 11.9 Å². The first kappa shape index (κ1) is 28.7. The zero-order valence-corrected chi connectivity index (χ0v) is 22.5. The highest BCUT2D eigenvalue weighted by molar-refractivity contribution is 7.92. The number of hydrogen-bond acceptors (Lipinski definition) is 4. The lowest BCUT2D eigenvalue weighted by Gasteiger charge is -2.29. The number of para-hydroxylation sites is 1. The van der Waals surface area contributed by atoms with Crippen molar-refractivity contribution in [1.82, 2.24) is 10.2 Å². The van der Waals surface area contributed by atoms with Gasteiger partial charge < -0.3 is 10.2 Å². The standard InChI is InChI=1S/C26H36ClN3O4S/c1-5-6-17-28-26(32)21(3)29(19-22-13-15-23(27)16-14-22)25(31)12-9-18-30(35(4,33)34)24-11-8-7-10-20(24)2/h7-8,10-11,13-16,21H,5-6,9,12,17-19H2,1-4H3,(H,28,32)/t21-/m0/s1. The van der Waals surface area contributed by atoms with Crippen LogP contribution in [0.15, 0.2) is 48.5 Å². The molecule has 2 amide bonds. The molecular weight excluding hydrogens is 486 g/mol. The van der Waals surface area contributed by atoms with Gasteiger partial charge >= 0.3 is 0 Å². The fourth-order valence-corrected chi connectivity index (χ4v) is 4.88. The fourth-order valence-electron chi connectivity index (χ4n) is 3.73. The minimum absolute atomic E-state index is 0.109. The summed E-state index contributed by atoms with van der Waals surface area (Å²) >= 11 is 5.99. The molecule has 0 aliphatic rings. The Kier molecular flexibility index (Phi) is 11.0. The highest BCUT2D eigenvalue weighted by Crippen LogP contribution is 2.23. The van der Waals surface area contributed by atoms with E-state index in [0.29, 0.717) is 23.7 Å². The third-order valence-electron chi connectivity index (χ3n) is 5.80. The van der Waals surface area contributed by atoms with Gasteiger partial charge in [0, 0.05) is 31.1 Å². The fraction of sp³-hybridized carbons (Fsp3) is 0.462. The van der Waals surface area contributed by atoms with Crippen molar-refractivity contribution >= 4 is 39.1 Å². The number of unbranched alkanes of at least 4 members (excludes halogenated alkanes) is 1. The Balaban J connectivity index is 2.14. The van der Waals surface area contributed by atoms with Crippen molar-refractivity contribution in [3.63, 3.8) is 0 Å². The normalized spacial score (nSPS) is 12.1. The number of rotatable bonds is 13. The molecule has 192 valence electrons. The summed E-state index contributed by atoms with van der Waals surface area (Å²) in [7, 11) is -3.52. The first-order valence-electron chi connectivity index (χ1n) is 11.9. The van der Waals surface area contributed by atoms with E-state index >= 15 is 0 Å². The first-order valence-corrected chi connectivity index (χ1v) is 14.1. The molecule has 0 heterocycles. The van der Waals surface area contributed by atoms with Gasteiger partial charge in [-0.15, -0.1) is 0 Å². The van der Waals surface area contributed by atoms with Crippen LogP contribution in [0.1, 0.15) is 50.7 Å². The highest BCUT2D eigenvalue weighted by Gasteiger charge is 2.26. The molecule has 7 nitrogen and oxygen atoms in total. The summed E-state index contributed by atoms with van der Waals surface area (Å²) in [5.74, 6) is -0.422. The summed E-state index contributed by atoms with van der Waals surface area (Å²) in [6.45, 7) is 6.59. The van der Waals surface area contributed by atoms with Crippen LogP contribution >= 0.6 is 11.6 Å². The van der Waals surface area contributed by atoms with Crippen LogP contribution in [0.3, 0.4) is 0 Å². The van der Waals surface area contributed by atoms with Crippen molar-refractivity contribution < 1.29 is 18.0 Å². The van der Waals surface area contributed by atoms with Gasteiger partial charge in [-0.1, -0.05) is 55.3 Å². The van der Waals surface area contributed by atoms with Crippen molar-refractivity contribution in [1.29, 1.82) is 0 Å². The monoisotopic (exact) mass is 521 g/mol. The second kappa shape index (κ2) is 13.5. The van der Waals surface area contributed by atoms with E-state index in [0.717, 1.165) is 30.2 Å². The van der Waals surface area contributed by atoms with E-state index in [9.17, 15) is 18.0 Å². The van der Waals surface area contributed by atoms with Crippen LogP contribution in [0.5, 0.6) is 0 Å². The van der Waals surface area contributed by atoms with E-state index < -0.39 is 16.1 Å². The second-order valence-corrected chi connectivity index (χ2v) is 11.0. The maximum atomic E-state index is 13.3. The third kappa shape index (κ3) is 8.85. The molecular formula is C26H36ClN3O4S. The number of nitrogens with zero attached hydrogens (tertiary/aromatic N) is 2. The van der Waals surface area contributed by atoms with E-state index in [1.807, 2.05) is 38.1 Å². The SMILES string of the molecule is CCCCNC(=O)[C@H](C)N(Cc1ccc(Cl)cc1)C(=O)CCCN(c1ccccc1C)S(C)(=O)=O. The number of anilines is 1. The Bertz CT molecular complexity index is 1090. The molecule has 0 aromatic heterocycles. The lowest BCUT2D eigenvalue weighted by Crippen LogP contribution is -2.48. The molecule has 0 aliphatic carbocycles. The van der Waals surface area contributed by atoms with Gasteiger partial charge in [-0.3, -0.25) is 13.9 Å². The van der Waals surface area contributed by atoms with Crippen molar-refractivity contribution in [3.05, 3.63) is 64.7 Å². The minimum atomic E-state index is -3.52. The maximum Gasteiger partial charge on any atom is 0.242 e. The molecule has 0 saturated carbocycles. The molecule has 0 fully saturated rings. The number of carbonyl (C=O) groups is 2. The lowest BCUT2D eigenvalue weighted by atomic mass is 10.1. The van der Waals surface area contributed by atoms with Gasteiger partial charge in [-0.05, 0) is 56.0 Å². The number of halogens is 1. The molecule has 0 spiro atoms. The molecule has 35 heavy (non-hydrogen) atoms. The zero-order chi connectivity index (χ0) is 26.0. The molecule has 0 unspecified atom stereocenters. The Hall–Kier alpha value is -2.58. The predicted molar refractivity (Wildman–Crippen MR) is 142 cm³/mol. The number of aryl methyl sites for hydroxylation is 1. The van der Waals surface area contributed by atoms with E-state index in [4.69, 9.17) is 11.6 Å². The number of benzene rings is 2.